The number of ether oxygens (including phenoxy) is 4. The lowest BCUT2D eigenvalue weighted by atomic mass is 9.90. The number of halogens is 2. The van der Waals surface area contributed by atoms with Crippen molar-refractivity contribution in [1.82, 2.24) is 0 Å². The second-order valence-corrected chi connectivity index (χ2v) is 8.53. The van der Waals surface area contributed by atoms with Crippen LogP contribution in [-0.4, -0.2) is 36.6 Å². The summed E-state index contributed by atoms with van der Waals surface area (Å²) in [6.45, 7) is 1.64. The minimum absolute atomic E-state index is 0.157. The second-order valence-electron chi connectivity index (χ2n) is 6.82. The summed E-state index contributed by atoms with van der Waals surface area (Å²) >= 11 is 6.91. The Balaban J connectivity index is 1.40. The van der Waals surface area contributed by atoms with Crippen LogP contribution in [-0.2, 0) is 18.9 Å². The van der Waals surface area contributed by atoms with Crippen molar-refractivity contribution in [3.8, 4) is 11.5 Å². The Kier molecular flexibility index (Phi) is 5.46. The maximum absolute atomic E-state index is 9.70. The molecule has 2 aliphatic heterocycles. The molecule has 0 unspecified atom stereocenters. The summed E-state index contributed by atoms with van der Waals surface area (Å²) in [5.41, 5.74) is 1.09. The van der Waals surface area contributed by atoms with Crippen molar-refractivity contribution >= 4 is 31.9 Å². The summed E-state index contributed by atoms with van der Waals surface area (Å²) in [6.07, 6.45) is -1.12. The van der Waals surface area contributed by atoms with Gasteiger partial charge >= 0.3 is 0 Å². The Morgan fingerprint density at radius 1 is 0.704 bits per heavy atom. The Morgan fingerprint density at radius 2 is 1.07 bits per heavy atom. The van der Waals surface area contributed by atoms with Gasteiger partial charge in [0.15, 0.2) is 12.6 Å². The van der Waals surface area contributed by atoms with Gasteiger partial charge in [-0.2, -0.15) is 0 Å². The summed E-state index contributed by atoms with van der Waals surface area (Å²) in [6, 6.07) is 9.95. The Labute approximate surface area is 173 Å². The van der Waals surface area contributed by atoms with Crippen LogP contribution >= 0.6 is 31.9 Å². The van der Waals surface area contributed by atoms with Gasteiger partial charge in [0.05, 0.1) is 31.8 Å². The maximum Gasteiger partial charge on any atom is 0.185 e. The normalized spacial score (nSPS) is 28.4. The predicted octanol–water partition coefficient (Wildman–Crippen LogP) is 4.40. The molecule has 2 fully saturated rings. The van der Waals surface area contributed by atoms with E-state index in [0.717, 1.165) is 20.1 Å². The van der Waals surface area contributed by atoms with E-state index in [1.165, 1.54) is 0 Å². The summed E-state index contributed by atoms with van der Waals surface area (Å²) < 4.78 is 25.2. The molecule has 2 aliphatic rings. The minimum Gasteiger partial charge on any atom is -0.508 e. The van der Waals surface area contributed by atoms with Gasteiger partial charge in [-0.25, -0.2) is 0 Å². The molecule has 0 radical (unpaired) electrons. The number of rotatable bonds is 2. The zero-order valence-corrected chi connectivity index (χ0v) is 17.4. The van der Waals surface area contributed by atoms with Gasteiger partial charge in [0.2, 0.25) is 0 Å². The summed E-state index contributed by atoms with van der Waals surface area (Å²) in [7, 11) is 0. The van der Waals surface area contributed by atoms with Crippen LogP contribution in [0.1, 0.15) is 23.7 Å². The molecule has 0 bridgehead atoms. The van der Waals surface area contributed by atoms with Crippen molar-refractivity contribution in [2.75, 3.05) is 26.4 Å². The number of benzene rings is 2. The molecule has 2 heterocycles. The third kappa shape index (κ3) is 4.01. The van der Waals surface area contributed by atoms with Crippen molar-refractivity contribution < 1.29 is 29.2 Å². The molecular weight excluding hydrogens is 484 g/mol. The van der Waals surface area contributed by atoms with Gasteiger partial charge in [-0.3, -0.25) is 0 Å². The van der Waals surface area contributed by atoms with Crippen LogP contribution in [0.25, 0.3) is 0 Å². The molecule has 2 aromatic rings. The number of aromatic hydroxyl groups is 2. The molecule has 0 amide bonds. The molecule has 2 N–H and O–H groups in total. The van der Waals surface area contributed by atoms with Gasteiger partial charge < -0.3 is 29.2 Å². The van der Waals surface area contributed by atoms with E-state index in [1.807, 2.05) is 0 Å². The Hall–Kier alpha value is -1.16. The molecule has 0 saturated carbocycles. The summed E-state index contributed by atoms with van der Waals surface area (Å²) in [4.78, 5) is 0. The third-order valence-electron chi connectivity index (χ3n) is 4.63. The van der Waals surface area contributed by atoms with Gasteiger partial charge in [-0.1, -0.05) is 31.9 Å². The van der Waals surface area contributed by atoms with Crippen LogP contribution in [0.3, 0.4) is 0 Å². The Morgan fingerprint density at radius 3 is 1.44 bits per heavy atom. The van der Waals surface area contributed by atoms with Crippen LogP contribution in [0.15, 0.2) is 45.3 Å². The van der Waals surface area contributed by atoms with Crippen LogP contribution in [0.5, 0.6) is 11.5 Å². The highest BCUT2D eigenvalue weighted by molar-refractivity contribution is 9.10. The lowest BCUT2D eigenvalue weighted by molar-refractivity contribution is -0.307. The van der Waals surface area contributed by atoms with Crippen molar-refractivity contribution in [3.63, 3.8) is 0 Å². The van der Waals surface area contributed by atoms with Crippen molar-refractivity contribution in [2.45, 2.75) is 12.6 Å². The predicted molar refractivity (Wildman–Crippen MR) is 103 cm³/mol. The molecule has 0 aromatic heterocycles. The second kappa shape index (κ2) is 7.69. The number of hydrogen-bond acceptors (Lipinski definition) is 6. The molecule has 2 aromatic carbocycles. The average Bonchev–Trinajstić information content (AvgIpc) is 2.67. The van der Waals surface area contributed by atoms with Gasteiger partial charge in [0.1, 0.15) is 11.5 Å². The molecule has 0 aliphatic carbocycles. The molecule has 144 valence electrons. The number of phenolic OH excluding ortho intramolecular Hbond substituents is 2. The fourth-order valence-electron chi connectivity index (χ4n) is 3.14. The van der Waals surface area contributed by atoms with E-state index in [-0.39, 0.29) is 16.9 Å². The first-order chi connectivity index (χ1) is 13.0. The monoisotopic (exact) mass is 500 g/mol. The zero-order valence-electron chi connectivity index (χ0n) is 14.2. The van der Waals surface area contributed by atoms with E-state index >= 15 is 0 Å². The van der Waals surface area contributed by atoms with Gasteiger partial charge in [-0.15, -0.1) is 0 Å². The highest BCUT2D eigenvalue weighted by Crippen LogP contribution is 2.41. The minimum atomic E-state index is -0.560. The molecular formula is C19H18Br2O6. The highest BCUT2D eigenvalue weighted by atomic mass is 79.9. The first-order valence-corrected chi connectivity index (χ1v) is 9.98. The van der Waals surface area contributed by atoms with Crippen LogP contribution < -0.4 is 0 Å². The van der Waals surface area contributed by atoms with Crippen molar-refractivity contribution in [1.29, 1.82) is 0 Å². The maximum atomic E-state index is 9.70. The van der Waals surface area contributed by atoms with Gasteiger partial charge in [0.25, 0.3) is 0 Å². The molecule has 1 spiro atoms. The highest BCUT2D eigenvalue weighted by Gasteiger charge is 2.43. The lowest BCUT2D eigenvalue weighted by Gasteiger charge is -2.44. The molecule has 2 saturated heterocycles. The van der Waals surface area contributed by atoms with Crippen LogP contribution in [0.4, 0.5) is 0 Å². The van der Waals surface area contributed by atoms with Crippen molar-refractivity contribution in [2.24, 2.45) is 5.41 Å². The molecule has 8 heteroatoms. The van der Waals surface area contributed by atoms with E-state index in [9.17, 15) is 10.2 Å². The molecule has 6 nitrogen and oxygen atoms in total. The first-order valence-electron chi connectivity index (χ1n) is 8.39. The van der Waals surface area contributed by atoms with Gasteiger partial charge in [-0.05, 0) is 36.4 Å². The molecule has 27 heavy (non-hydrogen) atoms. The zero-order chi connectivity index (χ0) is 19.0. The quantitative estimate of drug-likeness (QED) is 0.635. The van der Waals surface area contributed by atoms with E-state index < -0.39 is 12.6 Å². The Bertz CT molecular complexity index is 754. The van der Waals surface area contributed by atoms with Gasteiger partial charge in [0, 0.05) is 20.1 Å². The summed E-state index contributed by atoms with van der Waals surface area (Å²) in [5, 5.41) is 19.4. The lowest BCUT2D eigenvalue weighted by Crippen LogP contribution is -2.49. The average molecular weight is 502 g/mol. The standard InChI is InChI=1S/C19H18Br2O6/c20-15-3-1-11(22)5-13(15)17-24-7-19(8-25-17)9-26-18(27-10-19)14-6-12(23)2-4-16(14)21/h1-6,17-18,22-23H,7-10H2. The molecule has 0 atom stereocenters. The number of hydrogen-bond donors (Lipinski definition) is 2. The van der Waals surface area contributed by atoms with E-state index in [4.69, 9.17) is 18.9 Å². The number of phenols is 2. The van der Waals surface area contributed by atoms with Crippen LogP contribution in [0, 0.1) is 5.41 Å². The van der Waals surface area contributed by atoms with Crippen LogP contribution in [0.2, 0.25) is 0 Å². The fourth-order valence-corrected chi connectivity index (χ4v) is 4.01. The fraction of sp³-hybridized carbons (Fsp3) is 0.368. The smallest absolute Gasteiger partial charge is 0.185 e. The topological polar surface area (TPSA) is 77.4 Å². The summed E-state index contributed by atoms with van der Waals surface area (Å²) in [5.74, 6) is 0.314. The largest absolute Gasteiger partial charge is 0.508 e. The molecule has 4 rings (SSSR count). The first kappa shape index (κ1) is 19.2. The van der Waals surface area contributed by atoms with E-state index in [1.54, 1.807) is 36.4 Å². The SMILES string of the molecule is Oc1ccc(Br)c(C2OCC3(CO2)COC(c2cc(O)ccc2Br)OC3)c1. The van der Waals surface area contributed by atoms with E-state index in [2.05, 4.69) is 31.9 Å². The van der Waals surface area contributed by atoms with Crippen molar-refractivity contribution in [3.05, 3.63) is 56.5 Å². The van der Waals surface area contributed by atoms with E-state index in [0.29, 0.717) is 26.4 Å². The third-order valence-corrected chi connectivity index (χ3v) is 6.07.